The maximum Gasteiger partial charge on any atom is 0.331 e. The van der Waals surface area contributed by atoms with Gasteiger partial charge in [-0.25, -0.2) is 9.98 Å². The molecule has 0 saturated heterocycles. The maximum atomic E-state index is 12.8. The van der Waals surface area contributed by atoms with Crippen molar-refractivity contribution in [1.29, 1.82) is 0 Å². The Morgan fingerprint density at radius 3 is 2.69 bits per heavy atom. The van der Waals surface area contributed by atoms with Crippen molar-refractivity contribution in [1.82, 2.24) is 19.8 Å². The molecule has 2 rings (SSSR count). The lowest BCUT2D eigenvalue weighted by molar-refractivity contribution is -0.140. The van der Waals surface area contributed by atoms with E-state index in [0.29, 0.717) is 50.9 Å². The van der Waals surface area contributed by atoms with Crippen molar-refractivity contribution >= 4 is 37.3 Å². The zero-order chi connectivity index (χ0) is 21.3. The normalized spacial score (nSPS) is 16.0. The predicted molar refractivity (Wildman–Crippen MR) is 111 cm³/mol. The first kappa shape index (κ1) is 23.8. The number of nitrogens with zero attached hydrogens (tertiary/aromatic N) is 4. The molecular weight excluding hydrogens is 421 g/mol. The van der Waals surface area contributed by atoms with Gasteiger partial charge in [0.15, 0.2) is 5.82 Å². The van der Waals surface area contributed by atoms with Gasteiger partial charge in [-0.15, -0.1) is 0 Å². The predicted octanol–water partition coefficient (Wildman–Crippen LogP) is 2.51. The molecule has 10 nitrogen and oxygen atoms in total. The Hall–Kier alpha value is -1.45. The quantitative estimate of drug-likeness (QED) is 0.212. The zero-order valence-electron chi connectivity index (χ0n) is 17.0. The number of fused-ring (bicyclic) bond motifs is 1. The molecule has 2 heterocycles. The Kier molecular flexibility index (Phi) is 9.58. The molecule has 164 valence electrons. The Morgan fingerprint density at radius 1 is 1.31 bits per heavy atom. The highest BCUT2D eigenvalue weighted by Gasteiger charge is 2.25. The summed E-state index contributed by atoms with van der Waals surface area (Å²) < 4.78 is 30.1. The number of alkyl halides is 1. The molecular formula is C17H29ClN5O5P. The van der Waals surface area contributed by atoms with E-state index >= 15 is 0 Å². The number of aromatic nitrogens is 2. The molecule has 1 atom stereocenters. The molecule has 29 heavy (non-hydrogen) atoms. The fraction of sp³-hybridized carbons (Fsp3) is 0.706. The van der Waals surface area contributed by atoms with E-state index in [0.717, 1.165) is 0 Å². The monoisotopic (exact) mass is 449 g/mol. The molecule has 1 N–H and O–H groups in total. The Bertz CT molecular complexity index is 734. The van der Waals surface area contributed by atoms with Crippen molar-refractivity contribution in [3.63, 3.8) is 0 Å². The minimum atomic E-state index is -3.16. The van der Waals surface area contributed by atoms with Gasteiger partial charge in [-0.05, 0) is 13.8 Å². The number of aliphatic imine (C=N–C) groups is 1. The van der Waals surface area contributed by atoms with Crippen LogP contribution in [-0.4, -0.2) is 72.9 Å². The van der Waals surface area contributed by atoms with E-state index in [1.165, 1.54) is 7.11 Å². The molecule has 1 aromatic rings. The highest BCUT2D eigenvalue weighted by atomic mass is 35.5. The van der Waals surface area contributed by atoms with Gasteiger partial charge < -0.3 is 28.6 Å². The summed E-state index contributed by atoms with van der Waals surface area (Å²) >= 11 is 6.18. The van der Waals surface area contributed by atoms with Crippen LogP contribution in [0.4, 0.5) is 5.82 Å². The number of hydrogen-bond donors (Lipinski definition) is 1. The van der Waals surface area contributed by atoms with Crippen molar-refractivity contribution in [2.75, 3.05) is 46.1 Å². The molecule has 1 unspecified atom stereocenters. The third kappa shape index (κ3) is 7.08. The number of imidazole rings is 1. The summed E-state index contributed by atoms with van der Waals surface area (Å²) in [5.41, 5.74) is 0.259. The fourth-order valence-corrected chi connectivity index (χ4v) is 4.73. The highest BCUT2D eigenvalue weighted by Crippen LogP contribution is 2.47. The second kappa shape index (κ2) is 11.7. The zero-order valence-corrected chi connectivity index (χ0v) is 18.7. The van der Waals surface area contributed by atoms with Gasteiger partial charge in [-0.1, -0.05) is 11.6 Å². The number of rotatable bonds is 13. The van der Waals surface area contributed by atoms with E-state index in [4.69, 9.17) is 25.4 Å². The van der Waals surface area contributed by atoms with Gasteiger partial charge in [0.05, 0.1) is 45.6 Å². The van der Waals surface area contributed by atoms with E-state index in [1.807, 2.05) is 9.47 Å². The Labute approximate surface area is 176 Å². The molecule has 1 aliphatic rings. The van der Waals surface area contributed by atoms with Gasteiger partial charge >= 0.3 is 13.6 Å². The fourth-order valence-electron chi connectivity index (χ4n) is 2.88. The minimum Gasteiger partial charge on any atom is -0.469 e. The lowest BCUT2D eigenvalue weighted by Gasteiger charge is -2.25. The van der Waals surface area contributed by atoms with Gasteiger partial charge in [0, 0.05) is 26.2 Å². The number of carbonyl (C=O) groups is 1. The minimum absolute atomic E-state index is 0.234. The van der Waals surface area contributed by atoms with Gasteiger partial charge in [-0.2, -0.15) is 0 Å². The van der Waals surface area contributed by atoms with Crippen molar-refractivity contribution in [3.8, 4) is 0 Å². The molecule has 1 aliphatic heterocycles. The molecule has 12 heteroatoms. The van der Waals surface area contributed by atoms with E-state index < -0.39 is 13.1 Å². The number of methoxy groups -OCH3 is 1. The number of nitrogens with one attached hydrogen (secondary N) is 1. The summed E-state index contributed by atoms with van der Waals surface area (Å²) in [7, 11) is -1.81. The average Bonchev–Trinajstić information content (AvgIpc) is 3.12. The first-order valence-corrected chi connectivity index (χ1v) is 11.7. The third-order valence-corrected chi connectivity index (χ3v) is 6.73. The first-order chi connectivity index (χ1) is 13.9. The second-order valence-electron chi connectivity index (χ2n) is 6.27. The summed E-state index contributed by atoms with van der Waals surface area (Å²) in [5.74, 6) is 0.402. The third-order valence-electron chi connectivity index (χ3n) is 4.34. The summed E-state index contributed by atoms with van der Waals surface area (Å²) in [6.45, 7) is 6.27. The molecule has 0 spiro atoms. The molecule has 1 aromatic heterocycles. The maximum absolute atomic E-state index is 12.8. The van der Waals surface area contributed by atoms with Crippen LogP contribution < -0.4 is 5.32 Å². The lowest BCUT2D eigenvalue weighted by Crippen LogP contribution is -2.33. The van der Waals surface area contributed by atoms with Gasteiger partial charge in [0.1, 0.15) is 11.2 Å². The highest BCUT2D eigenvalue weighted by molar-refractivity contribution is 7.53. The molecule has 0 amide bonds. The van der Waals surface area contributed by atoms with Crippen LogP contribution in [-0.2, 0) is 29.7 Å². The summed E-state index contributed by atoms with van der Waals surface area (Å²) in [6, 6.07) is 0. The van der Waals surface area contributed by atoms with Crippen LogP contribution in [0.3, 0.4) is 0 Å². The number of hydrogen-bond acceptors (Lipinski definition) is 9. The summed E-state index contributed by atoms with van der Waals surface area (Å²) in [5, 5.41) is 2.89. The molecule has 0 aliphatic carbocycles. The van der Waals surface area contributed by atoms with Crippen LogP contribution in [0.25, 0.3) is 0 Å². The lowest BCUT2D eigenvalue weighted by atomic mass is 10.3. The van der Waals surface area contributed by atoms with E-state index in [9.17, 15) is 9.36 Å². The number of ether oxygens (including phenoxy) is 1. The van der Waals surface area contributed by atoms with Crippen molar-refractivity contribution in [2.45, 2.75) is 32.3 Å². The number of esters is 1. The first-order valence-electron chi connectivity index (χ1n) is 9.57. The molecule has 0 bridgehead atoms. The van der Waals surface area contributed by atoms with Crippen LogP contribution in [0.2, 0.25) is 0 Å². The Morgan fingerprint density at radius 2 is 2.03 bits per heavy atom. The van der Waals surface area contributed by atoms with Gasteiger partial charge in [-0.3, -0.25) is 9.36 Å². The number of halogens is 1. The second-order valence-corrected chi connectivity index (χ2v) is 8.89. The smallest absolute Gasteiger partial charge is 0.331 e. The van der Waals surface area contributed by atoms with Crippen LogP contribution >= 0.6 is 19.2 Å². The summed E-state index contributed by atoms with van der Waals surface area (Å²) in [4.78, 5) is 22.2. The van der Waals surface area contributed by atoms with E-state index in [-0.39, 0.29) is 18.6 Å². The molecule has 0 aromatic carbocycles. The SMILES string of the molecule is CCOP(=O)(CCN(CCC(=O)OC)CCn1cnc2c1N=CNC2Cl)OCC. The van der Waals surface area contributed by atoms with Gasteiger partial charge in [0.25, 0.3) is 0 Å². The summed E-state index contributed by atoms with van der Waals surface area (Å²) in [6.07, 6.45) is 3.71. The average molecular weight is 450 g/mol. The van der Waals surface area contributed by atoms with E-state index in [2.05, 4.69) is 15.3 Å². The molecule has 0 fully saturated rings. The van der Waals surface area contributed by atoms with Crippen LogP contribution in [0, 0.1) is 0 Å². The molecule has 0 radical (unpaired) electrons. The van der Waals surface area contributed by atoms with Crippen LogP contribution in [0.5, 0.6) is 0 Å². The Balaban J connectivity index is 2.01. The topological polar surface area (TPSA) is 107 Å². The number of carbonyl (C=O) groups excluding carboxylic acids is 1. The van der Waals surface area contributed by atoms with Crippen molar-refractivity contribution in [2.24, 2.45) is 4.99 Å². The standard InChI is InChI=1S/C17H29ClN5O5P/c1-4-27-29(25,28-5-2)11-10-22(7-6-14(24)26-3)8-9-23-13-21-15-16(18)19-12-20-17(15)23/h12-13,16H,4-11H2,1-3H3,(H,19,20). The van der Waals surface area contributed by atoms with Gasteiger partial charge in [0.2, 0.25) is 0 Å². The van der Waals surface area contributed by atoms with Crippen LogP contribution in [0.15, 0.2) is 11.3 Å². The largest absolute Gasteiger partial charge is 0.469 e. The van der Waals surface area contributed by atoms with Crippen molar-refractivity contribution in [3.05, 3.63) is 12.0 Å². The van der Waals surface area contributed by atoms with Crippen LogP contribution in [0.1, 0.15) is 31.5 Å². The molecule has 0 saturated carbocycles. The van der Waals surface area contributed by atoms with Crippen molar-refractivity contribution < 1.29 is 23.1 Å². The van der Waals surface area contributed by atoms with E-state index in [1.54, 1.807) is 26.5 Å².